The van der Waals surface area contributed by atoms with Crippen molar-refractivity contribution in [1.82, 2.24) is 24.6 Å². The molecular weight excluding hydrogens is 398 g/mol. The fourth-order valence-corrected chi connectivity index (χ4v) is 3.93. The van der Waals surface area contributed by atoms with Crippen molar-refractivity contribution in [3.8, 4) is 0 Å². The van der Waals surface area contributed by atoms with E-state index < -0.39 is 0 Å². The molecule has 0 atom stereocenters. The minimum absolute atomic E-state index is 0.212. The topological polar surface area (TPSA) is 81.8 Å². The van der Waals surface area contributed by atoms with Crippen molar-refractivity contribution in [2.75, 3.05) is 12.3 Å². The van der Waals surface area contributed by atoms with Crippen LogP contribution in [0.25, 0.3) is 10.8 Å². The summed E-state index contributed by atoms with van der Waals surface area (Å²) in [6.45, 7) is 0.768. The Hall–Kier alpha value is -3.39. The SMILES string of the molecule is Cn1ccnc1SCCNC(=O)c1nn(Cc2ccccc2)c(=O)c2ccccc12. The number of nitrogens with zero attached hydrogens (tertiary/aromatic N) is 4. The third-order valence-electron chi connectivity index (χ3n) is 4.65. The predicted molar refractivity (Wildman–Crippen MR) is 118 cm³/mol. The van der Waals surface area contributed by atoms with Crippen LogP contribution in [0.1, 0.15) is 16.1 Å². The van der Waals surface area contributed by atoms with E-state index in [0.717, 1.165) is 10.7 Å². The molecule has 0 aliphatic heterocycles. The second kappa shape index (κ2) is 8.96. The molecule has 2 aromatic carbocycles. The standard InChI is InChI=1S/C22H21N5O2S/c1-26-13-11-24-22(26)30-14-12-23-20(28)19-17-9-5-6-10-18(17)21(29)27(25-19)15-16-7-3-2-4-8-16/h2-11,13H,12,14-15H2,1H3,(H,23,28). The number of hydrogen-bond donors (Lipinski definition) is 1. The average molecular weight is 420 g/mol. The highest BCUT2D eigenvalue weighted by molar-refractivity contribution is 7.99. The van der Waals surface area contributed by atoms with E-state index in [1.54, 1.807) is 42.2 Å². The van der Waals surface area contributed by atoms with Crippen LogP contribution in [0.4, 0.5) is 0 Å². The summed E-state index contributed by atoms with van der Waals surface area (Å²) in [6.07, 6.45) is 3.62. The summed E-state index contributed by atoms with van der Waals surface area (Å²) < 4.78 is 3.29. The third-order valence-corrected chi connectivity index (χ3v) is 5.71. The van der Waals surface area contributed by atoms with Crippen molar-refractivity contribution in [1.29, 1.82) is 0 Å². The van der Waals surface area contributed by atoms with Gasteiger partial charge in [0.05, 0.1) is 11.9 Å². The molecule has 0 bridgehead atoms. The maximum atomic E-state index is 12.9. The highest BCUT2D eigenvalue weighted by Crippen LogP contribution is 2.15. The molecule has 0 aliphatic carbocycles. The molecule has 0 unspecified atom stereocenters. The van der Waals surface area contributed by atoms with E-state index >= 15 is 0 Å². The number of imidazole rings is 1. The van der Waals surface area contributed by atoms with E-state index in [9.17, 15) is 9.59 Å². The second-order valence-electron chi connectivity index (χ2n) is 6.77. The van der Waals surface area contributed by atoms with E-state index in [-0.39, 0.29) is 17.2 Å². The highest BCUT2D eigenvalue weighted by Gasteiger charge is 2.16. The minimum atomic E-state index is -0.298. The lowest BCUT2D eigenvalue weighted by atomic mass is 10.1. The number of nitrogens with one attached hydrogen (secondary N) is 1. The van der Waals surface area contributed by atoms with E-state index in [1.807, 2.05) is 48.1 Å². The normalized spacial score (nSPS) is 11.0. The van der Waals surface area contributed by atoms with Gasteiger partial charge in [-0.25, -0.2) is 9.67 Å². The van der Waals surface area contributed by atoms with Crippen LogP contribution in [-0.4, -0.2) is 37.5 Å². The van der Waals surface area contributed by atoms with Gasteiger partial charge in [0.1, 0.15) is 0 Å². The lowest BCUT2D eigenvalue weighted by molar-refractivity contribution is 0.0950. The summed E-state index contributed by atoms with van der Waals surface area (Å²) >= 11 is 1.56. The Bertz CT molecular complexity index is 1230. The highest BCUT2D eigenvalue weighted by atomic mass is 32.2. The molecule has 1 N–H and O–H groups in total. The van der Waals surface area contributed by atoms with Crippen LogP contribution < -0.4 is 10.9 Å². The Morgan fingerprint density at radius 1 is 1.07 bits per heavy atom. The first-order chi connectivity index (χ1) is 14.6. The van der Waals surface area contributed by atoms with Crippen LogP contribution in [0, 0.1) is 0 Å². The molecule has 0 fully saturated rings. The van der Waals surface area contributed by atoms with Gasteiger partial charge in [0.25, 0.3) is 11.5 Å². The summed E-state index contributed by atoms with van der Waals surface area (Å²) in [5, 5.41) is 9.25. The number of aryl methyl sites for hydroxylation is 1. The smallest absolute Gasteiger partial charge is 0.274 e. The maximum absolute atomic E-state index is 12.9. The van der Waals surface area contributed by atoms with E-state index in [1.165, 1.54) is 4.68 Å². The molecule has 4 aromatic rings. The number of benzene rings is 2. The molecule has 0 radical (unpaired) electrons. The number of rotatable bonds is 7. The van der Waals surface area contributed by atoms with Crippen LogP contribution in [-0.2, 0) is 13.6 Å². The van der Waals surface area contributed by atoms with Gasteiger partial charge in [-0.2, -0.15) is 5.10 Å². The fourth-order valence-electron chi connectivity index (χ4n) is 3.15. The fraction of sp³-hybridized carbons (Fsp3) is 0.182. The van der Waals surface area contributed by atoms with Crippen molar-refractivity contribution in [3.63, 3.8) is 0 Å². The molecule has 0 spiro atoms. The Morgan fingerprint density at radius 2 is 1.80 bits per heavy atom. The summed E-state index contributed by atoms with van der Waals surface area (Å²) in [6, 6.07) is 16.7. The second-order valence-corrected chi connectivity index (χ2v) is 7.83. The number of carbonyl (C=O) groups excluding carboxylic acids is 1. The molecule has 0 aliphatic rings. The lowest BCUT2D eigenvalue weighted by Crippen LogP contribution is -2.32. The number of fused-ring (bicyclic) bond motifs is 1. The molecular formula is C22H21N5O2S. The first kappa shape index (κ1) is 19.9. The van der Waals surface area contributed by atoms with E-state index in [0.29, 0.717) is 29.6 Å². The zero-order valence-corrected chi connectivity index (χ0v) is 17.3. The van der Waals surface area contributed by atoms with Crippen molar-refractivity contribution in [3.05, 3.63) is 88.6 Å². The molecule has 0 saturated heterocycles. The molecule has 152 valence electrons. The van der Waals surface area contributed by atoms with Gasteiger partial charge in [-0.3, -0.25) is 9.59 Å². The zero-order chi connectivity index (χ0) is 20.9. The summed E-state index contributed by atoms with van der Waals surface area (Å²) in [5.41, 5.74) is 0.986. The summed E-state index contributed by atoms with van der Waals surface area (Å²) in [4.78, 5) is 30.0. The average Bonchev–Trinajstić information content (AvgIpc) is 3.18. The molecule has 30 heavy (non-hydrogen) atoms. The van der Waals surface area contributed by atoms with Crippen molar-refractivity contribution < 1.29 is 4.79 Å². The largest absolute Gasteiger partial charge is 0.350 e. The van der Waals surface area contributed by atoms with Gasteiger partial charge in [0.2, 0.25) is 0 Å². The van der Waals surface area contributed by atoms with Crippen LogP contribution in [0.15, 0.2) is 76.9 Å². The Labute approximate surface area is 177 Å². The molecule has 2 heterocycles. The Balaban J connectivity index is 1.56. The molecule has 8 heteroatoms. The Kier molecular flexibility index (Phi) is 5.94. The van der Waals surface area contributed by atoms with Crippen molar-refractivity contribution in [2.45, 2.75) is 11.7 Å². The zero-order valence-electron chi connectivity index (χ0n) is 16.5. The van der Waals surface area contributed by atoms with Crippen molar-refractivity contribution >= 4 is 28.4 Å². The lowest BCUT2D eigenvalue weighted by Gasteiger charge is -2.11. The Morgan fingerprint density at radius 3 is 2.53 bits per heavy atom. The first-order valence-corrected chi connectivity index (χ1v) is 10.5. The van der Waals surface area contributed by atoms with Gasteiger partial charge < -0.3 is 9.88 Å². The number of thioether (sulfide) groups is 1. The van der Waals surface area contributed by atoms with Gasteiger partial charge in [0.15, 0.2) is 10.9 Å². The summed E-state index contributed by atoms with van der Waals surface area (Å²) in [5.74, 6) is 0.381. The van der Waals surface area contributed by atoms with E-state index in [4.69, 9.17) is 0 Å². The molecule has 7 nitrogen and oxygen atoms in total. The first-order valence-electron chi connectivity index (χ1n) is 9.55. The molecule has 4 rings (SSSR count). The monoisotopic (exact) mass is 419 g/mol. The van der Waals surface area contributed by atoms with Gasteiger partial charge >= 0.3 is 0 Å². The van der Waals surface area contributed by atoms with Gasteiger partial charge in [-0.1, -0.05) is 60.3 Å². The van der Waals surface area contributed by atoms with E-state index in [2.05, 4.69) is 15.4 Å². The van der Waals surface area contributed by atoms with Crippen molar-refractivity contribution in [2.24, 2.45) is 7.05 Å². The van der Waals surface area contributed by atoms with Gasteiger partial charge in [-0.15, -0.1) is 0 Å². The minimum Gasteiger partial charge on any atom is -0.350 e. The summed E-state index contributed by atoms with van der Waals surface area (Å²) in [7, 11) is 1.93. The maximum Gasteiger partial charge on any atom is 0.274 e. The van der Waals surface area contributed by atoms with Gasteiger partial charge in [-0.05, 0) is 11.6 Å². The van der Waals surface area contributed by atoms with Crippen LogP contribution in [0.3, 0.4) is 0 Å². The predicted octanol–water partition coefficient (Wildman–Crippen LogP) is 2.70. The van der Waals surface area contributed by atoms with Crippen LogP contribution in [0.2, 0.25) is 0 Å². The third kappa shape index (κ3) is 4.28. The number of carbonyl (C=O) groups is 1. The van der Waals surface area contributed by atoms with Gasteiger partial charge in [0, 0.05) is 37.1 Å². The molecule has 1 amide bonds. The quantitative estimate of drug-likeness (QED) is 0.368. The molecule has 2 aromatic heterocycles. The number of amides is 1. The van der Waals surface area contributed by atoms with Crippen LogP contribution in [0.5, 0.6) is 0 Å². The number of aromatic nitrogens is 4. The molecule has 0 saturated carbocycles. The van der Waals surface area contributed by atoms with Crippen LogP contribution >= 0.6 is 11.8 Å². The number of hydrogen-bond acceptors (Lipinski definition) is 5.